The molecule has 2 aromatic carbocycles. The lowest BCUT2D eigenvalue weighted by Crippen LogP contribution is -2.44. The van der Waals surface area contributed by atoms with Crippen molar-refractivity contribution in [2.24, 2.45) is 5.73 Å². The average Bonchev–Trinajstić information content (AvgIpc) is 2.97. The van der Waals surface area contributed by atoms with Crippen LogP contribution in [-0.2, 0) is 25.7 Å². The van der Waals surface area contributed by atoms with Gasteiger partial charge in [0.05, 0.1) is 29.5 Å². The zero-order valence-electron chi connectivity index (χ0n) is 20.2. The number of hydrogen-bond acceptors (Lipinski definition) is 7. The lowest BCUT2D eigenvalue weighted by molar-refractivity contribution is -0.202. The molecule has 2 atom stereocenters. The molecule has 0 saturated carbocycles. The lowest BCUT2D eigenvalue weighted by atomic mass is 10.0. The van der Waals surface area contributed by atoms with Gasteiger partial charge in [0.1, 0.15) is 6.54 Å². The van der Waals surface area contributed by atoms with Crippen LogP contribution in [0.2, 0.25) is 0 Å². The SMILES string of the molecule is CC(CC(=O)OC(=O)C(F)(F)F)N1CC(=O)N(Cc2ccccc2)c2ccc(C#CC(S)CN)cc2C1=O. The molecule has 1 aliphatic heterocycles. The number of fused-ring (bicyclic) bond motifs is 1. The molecule has 12 heteroatoms. The summed E-state index contributed by atoms with van der Waals surface area (Å²) < 4.78 is 41.2. The van der Waals surface area contributed by atoms with Crippen LogP contribution in [0.3, 0.4) is 0 Å². The van der Waals surface area contributed by atoms with Crippen molar-refractivity contribution in [3.05, 3.63) is 65.2 Å². The summed E-state index contributed by atoms with van der Waals surface area (Å²) in [4.78, 5) is 52.4. The molecule has 8 nitrogen and oxygen atoms in total. The Morgan fingerprint density at radius 2 is 1.84 bits per heavy atom. The van der Waals surface area contributed by atoms with Crippen LogP contribution < -0.4 is 10.6 Å². The quantitative estimate of drug-likeness (QED) is 0.249. The number of esters is 2. The van der Waals surface area contributed by atoms with E-state index in [-0.39, 0.29) is 18.7 Å². The van der Waals surface area contributed by atoms with E-state index in [0.29, 0.717) is 11.3 Å². The van der Waals surface area contributed by atoms with Crippen molar-refractivity contribution in [3.8, 4) is 11.8 Å². The molecule has 38 heavy (non-hydrogen) atoms. The second-order valence-electron chi connectivity index (χ2n) is 8.46. The summed E-state index contributed by atoms with van der Waals surface area (Å²) in [5.74, 6) is 0.450. The van der Waals surface area contributed by atoms with Crippen molar-refractivity contribution >= 4 is 42.1 Å². The molecule has 0 aliphatic carbocycles. The number of benzene rings is 2. The summed E-state index contributed by atoms with van der Waals surface area (Å²) in [6, 6.07) is 12.7. The van der Waals surface area contributed by atoms with Crippen LogP contribution in [-0.4, -0.2) is 59.2 Å². The first kappa shape index (κ1) is 28.7. The summed E-state index contributed by atoms with van der Waals surface area (Å²) in [6.07, 6.45) is -6.09. The predicted octanol–water partition coefficient (Wildman–Crippen LogP) is 2.69. The Balaban J connectivity index is 1.96. The number of amides is 2. The largest absolute Gasteiger partial charge is 0.491 e. The highest BCUT2D eigenvalue weighted by Crippen LogP contribution is 2.30. The fraction of sp³-hybridized carbons (Fsp3) is 0.308. The number of carbonyl (C=O) groups is 4. The number of anilines is 1. The Morgan fingerprint density at radius 3 is 2.47 bits per heavy atom. The van der Waals surface area contributed by atoms with Crippen LogP contribution >= 0.6 is 12.6 Å². The van der Waals surface area contributed by atoms with Crippen LogP contribution in [0.15, 0.2) is 48.5 Å². The van der Waals surface area contributed by atoms with Crippen LogP contribution in [0, 0.1) is 11.8 Å². The number of nitrogens with two attached hydrogens (primary N) is 1. The van der Waals surface area contributed by atoms with Crippen molar-refractivity contribution in [2.45, 2.75) is 37.4 Å². The van der Waals surface area contributed by atoms with E-state index in [9.17, 15) is 32.3 Å². The molecule has 2 amide bonds. The number of rotatable bonds is 6. The molecule has 0 fully saturated rings. The average molecular weight is 548 g/mol. The van der Waals surface area contributed by atoms with Gasteiger partial charge in [0.2, 0.25) is 5.91 Å². The zero-order valence-corrected chi connectivity index (χ0v) is 21.1. The van der Waals surface area contributed by atoms with E-state index in [2.05, 4.69) is 29.2 Å². The zero-order chi connectivity index (χ0) is 28.0. The van der Waals surface area contributed by atoms with E-state index in [1.807, 2.05) is 18.2 Å². The molecular weight excluding hydrogens is 523 g/mol. The van der Waals surface area contributed by atoms with Gasteiger partial charge in [-0.3, -0.25) is 14.4 Å². The maximum Gasteiger partial charge on any atom is 0.491 e. The van der Waals surface area contributed by atoms with Gasteiger partial charge in [-0.2, -0.15) is 25.8 Å². The van der Waals surface area contributed by atoms with Crippen LogP contribution in [0.1, 0.15) is 34.8 Å². The Kier molecular flexibility index (Phi) is 9.19. The van der Waals surface area contributed by atoms with Gasteiger partial charge in [0.15, 0.2) is 0 Å². The molecule has 0 spiro atoms. The molecule has 2 N–H and O–H groups in total. The second kappa shape index (κ2) is 12.1. The molecule has 0 saturated heterocycles. The monoisotopic (exact) mass is 547 g/mol. The van der Waals surface area contributed by atoms with Crippen LogP contribution in [0.4, 0.5) is 18.9 Å². The minimum atomic E-state index is -5.35. The van der Waals surface area contributed by atoms with Crippen molar-refractivity contribution in [2.75, 3.05) is 18.0 Å². The van der Waals surface area contributed by atoms with Gasteiger partial charge < -0.3 is 20.3 Å². The first-order valence-electron chi connectivity index (χ1n) is 11.4. The number of thiol groups is 1. The number of alkyl halides is 3. The molecule has 2 unspecified atom stereocenters. The van der Waals surface area contributed by atoms with E-state index in [1.54, 1.807) is 24.3 Å². The fourth-order valence-corrected chi connectivity index (χ4v) is 3.75. The summed E-state index contributed by atoms with van der Waals surface area (Å²) in [6.45, 7) is 1.25. The highest BCUT2D eigenvalue weighted by Gasteiger charge is 2.43. The smallest absolute Gasteiger partial charge is 0.386 e. The minimum Gasteiger partial charge on any atom is -0.386 e. The number of halogens is 3. The third-order valence-corrected chi connectivity index (χ3v) is 5.95. The van der Waals surface area contributed by atoms with Crippen LogP contribution in [0.25, 0.3) is 0 Å². The van der Waals surface area contributed by atoms with E-state index in [1.165, 1.54) is 17.9 Å². The van der Waals surface area contributed by atoms with Gasteiger partial charge in [0, 0.05) is 18.2 Å². The third-order valence-electron chi connectivity index (χ3n) is 5.61. The predicted molar refractivity (Wildman–Crippen MR) is 135 cm³/mol. The minimum absolute atomic E-state index is 0.105. The normalized spacial score (nSPS) is 15.1. The Morgan fingerprint density at radius 1 is 1.16 bits per heavy atom. The van der Waals surface area contributed by atoms with E-state index in [0.717, 1.165) is 10.5 Å². The maximum atomic E-state index is 13.6. The molecule has 1 heterocycles. The Hall–Kier alpha value is -3.82. The van der Waals surface area contributed by atoms with Crippen LogP contribution in [0.5, 0.6) is 0 Å². The standard InChI is InChI=1S/C26H24F3N3O5S/c1-16(11-23(34)37-25(36)26(27,28)29)31-15-22(33)32(14-18-5-3-2-4-6-18)21-10-8-17(7-9-19(38)13-30)12-20(21)24(31)35/h2-6,8,10,12,16,19,38H,11,13-15,30H2,1H3. The molecule has 0 aromatic heterocycles. The van der Waals surface area contributed by atoms with Crippen molar-refractivity contribution in [3.63, 3.8) is 0 Å². The van der Waals surface area contributed by atoms with Gasteiger partial charge in [0.25, 0.3) is 5.91 Å². The van der Waals surface area contributed by atoms with Crippen molar-refractivity contribution < 1.29 is 37.1 Å². The fourth-order valence-electron chi connectivity index (χ4n) is 3.69. The second-order valence-corrected chi connectivity index (χ2v) is 9.09. The first-order valence-corrected chi connectivity index (χ1v) is 11.9. The molecule has 200 valence electrons. The summed E-state index contributed by atoms with van der Waals surface area (Å²) >= 11 is 4.22. The summed E-state index contributed by atoms with van der Waals surface area (Å²) in [5, 5.41) is -0.400. The number of ether oxygens (including phenoxy) is 1. The molecular formula is C26H24F3N3O5S. The van der Waals surface area contributed by atoms with Crippen molar-refractivity contribution in [1.29, 1.82) is 0 Å². The van der Waals surface area contributed by atoms with Gasteiger partial charge in [-0.05, 0) is 30.7 Å². The molecule has 0 bridgehead atoms. The lowest BCUT2D eigenvalue weighted by Gasteiger charge is -2.27. The Labute approximate surface area is 222 Å². The number of hydrogen-bond donors (Lipinski definition) is 2. The first-order chi connectivity index (χ1) is 17.9. The number of nitrogens with zero attached hydrogens (tertiary/aromatic N) is 2. The highest BCUT2D eigenvalue weighted by atomic mass is 32.1. The van der Waals surface area contributed by atoms with E-state index in [4.69, 9.17) is 5.73 Å². The van der Waals surface area contributed by atoms with E-state index < -0.39 is 54.2 Å². The summed E-state index contributed by atoms with van der Waals surface area (Å²) in [5.41, 5.74) is 7.18. The van der Waals surface area contributed by atoms with Crippen molar-refractivity contribution in [1.82, 2.24) is 4.90 Å². The van der Waals surface area contributed by atoms with E-state index >= 15 is 0 Å². The van der Waals surface area contributed by atoms with Gasteiger partial charge >= 0.3 is 18.1 Å². The molecule has 3 rings (SSSR count). The molecule has 1 aliphatic rings. The maximum absolute atomic E-state index is 13.6. The topological polar surface area (TPSA) is 110 Å². The third kappa shape index (κ3) is 7.14. The van der Waals surface area contributed by atoms with Gasteiger partial charge in [-0.15, -0.1) is 0 Å². The summed E-state index contributed by atoms with van der Waals surface area (Å²) in [7, 11) is 0. The van der Waals surface area contributed by atoms with Gasteiger partial charge in [-0.1, -0.05) is 42.2 Å². The number of carbonyl (C=O) groups excluding carboxylic acids is 4. The van der Waals surface area contributed by atoms with Gasteiger partial charge in [-0.25, -0.2) is 4.79 Å². The highest BCUT2D eigenvalue weighted by molar-refractivity contribution is 7.81. The molecule has 2 aromatic rings. The molecule has 0 radical (unpaired) electrons. The Bertz CT molecular complexity index is 1290.